The summed E-state index contributed by atoms with van der Waals surface area (Å²) in [4.78, 5) is 26.3. The number of non-ortho nitro benzene ring substituents is 1. The van der Waals surface area contributed by atoms with Crippen LogP contribution in [0.25, 0.3) is 0 Å². The Morgan fingerprint density at radius 3 is 2.81 bits per heavy atom. The number of nitro benzene ring substituents is 1. The summed E-state index contributed by atoms with van der Waals surface area (Å²) in [6, 6.07) is 4.05. The largest absolute Gasteiger partial charge is 0.444 e. The van der Waals surface area contributed by atoms with Gasteiger partial charge in [0.1, 0.15) is 5.76 Å². The Labute approximate surface area is 120 Å². The van der Waals surface area contributed by atoms with Gasteiger partial charge in [-0.3, -0.25) is 14.9 Å². The Morgan fingerprint density at radius 1 is 1.48 bits per heavy atom. The van der Waals surface area contributed by atoms with Crippen LogP contribution < -0.4 is 10.6 Å². The molecule has 110 valence electrons. The summed E-state index contributed by atoms with van der Waals surface area (Å²) in [5.74, 6) is 0.571. The number of hydrogen-bond acceptors (Lipinski definition) is 6. The van der Waals surface area contributed by atoms with Crippen LogP contribution in [0, 0.1) is 17.0 Å². The number of aromatic nitrogens is 1. The lowest BCUT2D eigenvalue weighted by Crippen LogP contribution is -2.24. The number of benzene rings is 1. The molecule has 21 heavy (non-hydrogen) atoms. The highest BCUT2D eigenvalue weighted by Crippen LogP contribution is 2.21. The van der Waals surface area contributed by atoms with Crippen molar-refractivity contribution in [1.29, 1.82) is 0 Å². The van der Waals surface area contributed by atoms with E-state index in [1.54, 1.807) is 20.2 Å². The fourth-order valence-electron chi connectivity index (χ4n) is 1.79. The van der Waals surface area contributed by atoms with Gasteiger partial charge in [-0.05, 0) is 13.0 Å². The van der Waals surface area contributed by atoms with Crippen LogP contribution in [0.5, 0.6) is 0 Å². The lowest BCUT2D eigenvalue weighted by molar-refractivity contribution is -0.384. The number of hydrogen-bond donors (Lipinski definition) is 2. The van der Waals surface area contributed by atoms with Crippen LogP contribution in [0.15, 0.2) is 28.8 Å². The van der Waals surface area contributed by atoms with Crippen molar-refractivity contribution in [2.45, 2.75) is 13.5 Å². The fourth-order valence-corrected chi connectivity index (χ4v) is 1.79. The van der Waals surface area contributed by atoms with Crippen molar-refractivity contribution in [2.75, 3.05) is 12.4 Å². The number of carbonyl (C=O) groups is 1. The molecule has 0 spiro atoms. The van der Waals surface area contributed by atoms with Gasteiger partial charge < -0.3 is 15.1 Å². The standard InChI is InChI=1S/C13H14N4O4/c1-8-6-15-12(21-8)7-16-13(18)10-5-9(17(19)20)3-4-11(10)14-2/h3-6,14H,7H2,1-2H3,(H,16,18). The van der Waals surface area contributed by atoms with Gasteiger partial charge in [-0.1, -0.05) is 0 Å². The van der Waals surface area contributed by atoms with E-state index in [1.807, 2.05) is 0 Å². The number of carbonyl (C=O) groups excluding carboxylic acids is 1. The summed E-state index contributed by atoms with van der Waals surface area (Å²) in [6.45, 7) is 1.86. The summed E-state index contributed by atoms with van der Waals surface area (Å²) in [5, 5.41) is 16.2. The average molecular weight is 290 g/mol. The minimum Gasteiger partial charge on any atom is -0.444 e. The van der Waals surface area contributed by atoms with Gasteiger partial charge in [0.15, 0.2) is 0 Å². The number of aryl methyl sites for hydroxylation is 1. The molecule has 0 saturated carbocycles. The molecule has 2 aromatic rings. The van der Waals surface area contributed by atoms with Gasteiger partial charge in [0.25, 0.3) is 11.6 Å². The Hall–Kier alpha value is -2.90. The van der Waals surface area contributed by atoms with Crippen molar-refractivity contribution in [3.63, 3.8) is 0 Å². The van der Waals surface area contributed by atoms with Crippen LogP contribution in [0.2, 0.25) is 0 Å². The van der Waals surface area contributed by atoms with Crippen molar-refractivity contribution < 1.29 is 14.1 Å². The molecule has 2 N–H and O–H groups in total. The summed E-state index contributed by atoms with van der Waals surface area (Å²) in [5.41, 5.74) is 0.544. The van der Waals surface area contributed by atoms with Crippen LogP contribution in [0.1, 0.15) is 22.0 Å². The predicted octanol–water partition coefficient (Wildman–Crippen LogP) is 1.86. The molecule has 1 aromatic carbocycles. The lowest BCUT2D eigenvalue weighted by Gasteiger charge is -2.08. The second kappa shape index (κ2) is 6.04. The first kappa shape index (κ1) is 14.5. The van der Waals surface area contributed by atoms with Gasteiger partial charge in [-0.25, -0.2) is 4.98 Å². The quantitative estimate of drug-likeness (QED) is 0.642. The Kier molecular flexibility index (Phi) is 4.17. The van der Waals surface area contributed by atoms with Crippen molar-refractivity contribution in [2.24, 2.45) is 0 Å². The smallest absolute Gasteiger partial charge is 0.270 e. The van der Waals surface area contributed by atoms with Crippen LogP contribution in [0.4, 0.5) is 11.4 Å². The number of nitrogens with zero attached hydrogens (tertiary/aromatic N) is 2. The number of rotatable bonds is 5. The van der Waals surface area contributed by atoms with Crippen LogP contribution in [-0.2, 0) is 6.54 Å². The Morgan fingerprint density at radius 2 is 2.24 bits per heavy atom. The minimum absolute atomic E-state index is 0.110. The Balaban J connectivity index is 2.17. The zero-order valence-electron chi connectivity index (χ0n) is 11.5. The van der Waals surface area contributed by atoms with E-state index in [0.29, 0.717) is 17.3 Å². The second-order valence-electron chi connectivity index (χ2n) is 4.28. The Bertz CT molecular complexity index is 681. The third-order valence-electron chi connectivity index (χ3n) is 2.80. The van der Waals surface area contributed by atoms with Gasteiger partial charge in [-0.2, -0.15) is 0 Å². The molecule has 1 aromatic heterocycles. The van der Waals surface area contributed by atoms with Gasteiger partial charge in [0.2, 0.25) is 5.89 Å². The van der Waals surface area contributed by atoms with E-state index >= 15 is 0 Å². The number of nitro groups is 1. The third kappa shape index (κ3) is 3.35. The molecule has 0 radical (unpaired) electrons. The highest BCUT2D eigenvalue weighted by molar-refractivity contribution is 6.00. The predicted molar refractivity (Wildman–Crippen MR) is 75.1 cm³/mol. The summed E-state index contributed by atoms with van der Waals surface area (Å²) < 4.78 is 5.24. The van der Waals surface area contributed by atoms with E-state index in [-0.39, 0.29) is 17.8 Å². The molecule has 0 aliphatic heterocycles. The SMILES string of the molecule is CNc1ccc([N+](=O)[O-])cc1C(=O)NCc1ncc(C)o1. The molecule has 8 nitrogen and oxygen atoms in total. The molecule has 0 unspecified atom stereocenters. The molecule has 1 amide bonds. The summed E-state index contributed by atoms with van der Waals surface area (Å²) in [6.07, 6.45) is 1.55. The molecule has 0 saturated heterocycles. The molecular weight excluding hydrogens is 276 g/mol. The average Bonchev–Trinajstić information content (AvgIpc) is 2.89. The van der Waals surface area contributed by atoms with E-state index in [1.165, 1.54) is 18.2 Å². The minimum atomic E-state index is -0.548. The number of nitrogens with one attached hydrogen (secondary N) is 2. The van der Waals surface area contributed by atoms with E-state index in [0.717, 1.165) is 0 Å². The van der Waals surface area contributed by atoms with Gasteiger partial charge in [-0.15, -0.1) is 0 Å². The normalized spacial score (nSPS) is 10.2. The van der Waals surface area contributed by atoms with Crippen molar-refractivity contribution in [3.05, 3.63) is 51.7 Å². The van der Waals surface area contributed by atoms with Crippen LogP contribution in [-0.4, -0.2) is 22.9 Å². The van der Waals surface area contributed by atoms with Crippen LogP contribution in [0.3, 0.4) is 0 Å². The van der Waals surface area contributed by atoms with Crippen molar-refractivity contribution >= 4 is 17.3 Å². The third-order valence-corrected chi connectivity index (χ3v) is 2.80. The first-order valence-electron chi connectivity index (χ1n) is 6.17. The number of oxazole rings is 1. The molecule has 2 rings (SSSR count). The molecule has 8 heteroatoms. The molecule has 0 fully saturated rings. The monoisotopic (exact) mass is 290 g/mol. The molecule has 1 heterocycles. The number of amides is 1. The zero-order chi connectivity index (χ0) is 15.4. The van der Waals surface area contributed by atoms with E-state index in [2.05, 4.69) is 15.6 Å². The zero-order valence-corrected chi connectivity index (χ0v) is 11.5. The first-order valence-corrected chi connectivity index (χ1v) is 6.17. The fraction of sp³-hybridized carbons (Fsp3) is 0.231. The van der Waals surface area contributed by atoms with Gasteiger partial charge in [0, 0.05) is 24.9 Å². The number of anilines is 1. The maximum absolute atomic E-state index is 12.1. The lowest BCUT2D eigenvalue weighted by atomic mass is 10.1. The molecule has 0 aliphatic rings. The first-order chi connectivity index (χ1) is 10.0. The summed E-state index contributed by atoms with van der Waals surface area (Å²) in [7, 11) is 1.63. The highest BCUT2D eigenvalue weighted by Gasteiger charge is 2.16. The van der Waals surface area contributed by atoms with E-state index < -0.39 is 10.8 Å². The summed E-state index contributed by atoms with van der Waals surface area (Å²) >= 11 is 0. The molecular formula is C13H14N4O4. The maximum atomic E-state index is 12.1. The van der Waals surface area contributed by atoms with Gasteiger partial charge >= 0.3 is 0 Å². The van der Waals surface area contributed by atoms with E-state index in [4.69, 9.17) is 4.42 Å². The van der Waals surface area contributed by atoms with E-state index in [9.17, 15) is 14.9 Å². The molecule has 0 aliphatic carbocycles. The topological polar surface area (TPSA) is 110 Å². The van der Waals surface area contributed by atoms with Crippen LogP contribution >= 0.6 is 0 Å². The van der Waals surface area contributed by atoms with Gasteiger partial charge in [0.05, 0.1) is 23.2 Å². The van der Waals surface area contributed by atoms with Crippen molar-refractivity contribution in [1.82, 2.24) is 10.3 Å². The highest BCUT2D eigenvalue weighted by atomic mass is 16.6. The molecule has 0 atom stereocenters. The molecule has 0 bridgehead atoms. The second-order valence-corrected chi connectivity index (χ2v) is 4.28. The van der Waals surface area contributed by atoms with Crippen molar-refractivity contribution in [3.8, 4) is 0 Å². The maximum Gasteiger partial charge on any atom is 0.270 e.